The van der Waals surface area contributed by atoms with Crippen LogP contribution in [0.15, 0.2) is 24.3 Å². The Morgan fingerprint density at radius 1 is 1.00 bits per heavy atom. The van der Waals surface area contributed by atoms with Crippen LogP contribution < -0.4 is 10.5 Å². The van der Waals surface area contributed by atoms with Gasteiger partial charge in [-0.05, 0) is 38.4 Å². The molecule has 0 spiro atoms. The molecule has 6 nitrogen and oxygen atoms in total. The molecule has 1 aromatic carbocycles. The van der Waals surface area contributed by atoms with E-state index in [4.69, 9.17) is 10.5 Å². The maximum absolute atomic E-state index is 12.8. The van der Waals surface area contributed by atoms with E-state index >= 15 is 0 Å². The van der Waals surface area contributed by atoms with Crippen molar-refractivity contribution in [3.8, 4) is 5.75 Å². The number of unbranched alkanes of at least 4 members (excludes halogenated alkanes) is 3. The number of hydrogen-bond donors (Lipinski definition) is 1. The molecule has 0 aromatic heterocycles. The van der Waals surface area contributed by atoms with E-state index in [9.17, 15) is 9.59 Å². The zero-order valence-corrected chi connectivity index (χ0v) is 17.0. The van der Waals surface area contributed by atoms with Crippen molar-refractivity contribution < 1.29 is 14.3 Å². The van der Waals surface area contributed by atoms with E-state index in [0.29, 0.717) is 50.5 Å². The van der Waals surface area contributed by atoms with Crippen LogP contribution in [0.2, 0.25) is 0 Å². The zero-order chi connectivity index (χ0) is 18.8. The number of hydrogen-bond acceptors (Lipinski definition) is 4. The van der Waals surface area contributed by atoms with Gasteiger partial charge in [0, 0.05) is 32.6 Å². The fourth-order valence-corrected chi connectivity index (χ4v) is 3.19. The van der Waals surface area contributed by atoms with Gasteiger partial charge in [0.15, 0.2) is 0 Å². The van der Waals surface area contributed by atoms with Crippen LogP contribution in [0, 0.1) is 0 Å². The number of piperazine rings is 1. The Kier molecular flexibility index (Phi) is 10.8. The van der Waals surface area contributed by atoms with Crippen molar-refractivity contribution in [1.82, 2.24) is 9.80 Å². The first-order chi connectivity index (χ1) is 12.7. The van der Waals surface area contributed by atoms with Crippen LogP contribution in [0.3, 0.4) is 0 Å². The molecule has 2 amide bonds. The average Bonchev–Trinajstić information content (AvgIpc) is 2.68. The number of ether oxygens (including phenoxy) is 1. The quantitative estimate of drug-likeness (QED) is 0.650. The third-order valence-corrected chi connectivity index (χ3v) is 4.68. The normalized spacial score (nSPS) is 13.9. The summed E-state index contributed by atoms with van der Waals surface area (Å²) < 4.78 is 5.56. The molecule has 152 valence electrons. The average molecular weight is 398 g/mol. The number of para-hydroxylation sites is 1. The number of benzene rings is 1. The summed E-state index contributed by atoms with van der Waals surface area (Å²) >= 11 is 0. The van der Waals surface area contributed by atoms with Gasteiger partial charge in [-0.15, -0.1) is 12.4 Å². The highest BCUT2D eigenvalue weighted by Crippen LogP contribution is 2.21. The largest absolute Gasteiger partial charge is 0.493 e. The third kappa shape index (κ3) is 7.03. The topological polar surface area (TPSA) is 75.9 Å². The molecule has 0 unspecified atom stereocenters. The third-order valence-electron chi connectivity index (χ3n) is 4.68. The molecule has 1 aromatic rings. The van der Waals surface area contributed by atoms with Gasteiger partial charge in [0.25, 0.3) is 5.91 Å². The molecule has 0 bridgehead atoms. The maximum Gasteiger partial charge on any atom is 0.257 e. The molecule has 0 aliphatic carbocycles. The van der Waals surface area contributed by atoms with Crippen molar-refractivity contribution in [3.05, 3.63) is 29.8 Å². The summed E-state index contributed by atoms with van der Waals surface area (Å²) in [4.78, 5) is 28.8. The molecule has 1 heterocycles. The van der Waals surface area contributed by atoms with Crippen LogP contribution in [0.4, 0.5) is 0 Å². The minimum Gasteiger partial charge on any atom is -0.493 e. The van der Waals surface area contributed by atoms with Crippen molar-refractivity contribution in [2.24, 2.45) is 5.73 Å². The molecule has 0 saturated carbocycles. The first-order valence-corrected chi connectivity index (χ1v) is 9.66. The monoisotopic (exact) mass is 397 g/mol. The molecule has 2 rings (SSSR count). The number of halogens is 1. The second-order valence-corrected chi connectivity index (χ2v) is 6.56. The summed E-state index contributed by atoms with van der Waals surface area (Å²) in [6.07, 6.45) is 4.67. The van der Waals surface area contributed by atoms with Gasteiger partial charge in [-0.25, -0.2) is 0 Å². The summed E-state index contributed by atoms with van der Waals surface area (Å²) in [6.45, 7) is 5.49. The molecule has 7 heteroatoms. The molecule has 27 heavy (non-hydrogen) atoms. The molecular formula is C20H32ClN3O3. The first kappa shape index (κ1) is 23.2. The van der Waals surface area contributed by atoms with Crippen molar-refractivity contribution in [3.63, 3.8) is 0 Å². The summed E-state index contributed by atoms with van der Waals surface area (Å²) in [7, 11) is 0. The van der Waals surface area contributed by atoms with Gasteiger partial charge in [-0.3, -0.25) is 9.59 Å². The van der Waals surface area contributed by atoms with Crippen LogP contribution in [0.5, 0.6) is 5.75 Å². The highest BCUT2D eigenvalue weighted by atomic mass is 35.5. The second-order valence-electron chi connectivity index (χ2n) is 6.56. The fraction of sp³-hybridized carbons (Fsp3) is 0.600. The Labute approximate surface area is 168 Å². The van der Waals surface area contributed by atoms with Gasteiger partial charge in [0.05, 0.1) is 12.2 Å². The Morgan fingerprint density at radius 2 is 1.63 bits per heavy atom. The number of carbonyl (C=O) groups is 2. The minimum absolute atomic E-state index is 0. The highest BCUT2D eigenvalue weighted by Gasteiger charge is 2.26. The minimum atomic E-state index is -0.0251. The molecule has 2 N–H and O–H groups in total. The van der Waals surface area contributed by atoms with E-state index in [1.807, 2.05) is 34.9 Å². The Hall–Kier alpha value is -1.79. The zero-order valence-electron chi connectivity index (χ0n) is 16.2. The van der Waals surface area contributed by atoms with Gasteiger partial charge >= 0.3 is 0 Å². The summed E-state index contributed by atoms with van der Waals surface area (Å²) in [6, 6.07) is 7.33. The lowest BCUT2D eigenvalue weighted by Crippen LogP contribution is -2.50. The number of nitrogens with zero attached hydrogens (tertiary/aromatic N) is 2. The predicted octanol–water partition coefficient (Wildman–Crippen LogP) is 2.70. The molecule has 0 radical (unpaired) electrons. The molecule has 0 atom stereocenters. The van der Waals surface area contributed by atoms with Crippen LogP contribution in [0.1, 0.15) is 49.4 Å². The Morgan fingerprint density at radius 3 is 2.30 bits per heavy atom. The van der Waals surface area contributed by atoms with E-state index < -0.39 is 0 Å². The number of amides is 2. The van der Waals surface area contributed by atoms with Crippen molar-refractivity contribution >= 4 is 24.2 Å². The number of rotatable bonds is 9. The lowest BCUT2D eigenvalue weighted by atomic mass is 10.1. The fourth-order valence-electron chi connectivity index (χ4n) is 3.19. The highest BCUT2D eigenvalue weighted by molar-refractivity contribution is 5.97. The molecule has 1 aliphatic heterocycles. The van der Waals surface area contributed by atoms with Crippen LogP contribution >= 0.6 is 12.4 Å². The van der Waals surface area contributed by atoms with Crippen molar-refractivity contribution in [2.45, 2.75) is 39.0 Å². The molecular weight excluding hydrogens is 366 g/mol. The van der Waals surface area contributed by atoms with Gasteiger partial charge in [0.2, 0.25) is 5.91 Å². The lowest BCUT2D eigenvalue weighted by Gasteiger charge is -2.35. The van der Waals surface area contributed by atoms with E-state index in [2.05, 4.69) is 0 Å². The Bertz CT molecular complexity index is 590. The predicted molar refractivity (Wildman–Crippen MR) is 109 cm³/mol. The van der Waals surface area contributed by atoms with Gasteiger partial charge < -0.3 is 20.3 Å². The Balaban J connectivity index is 0.00000364. The van der Waals surface area contributed by atoms with Gasteiger partial charge in [-0.1, -0.05) is 25.0 Å². The maximum atomic E-state index is 12.8. The van der Waals surface area contributed by atoms with E-state index in [1.165, 1.54) is 0 Å². The number of carbonyl (C=O) groups excluding carboxylic acids is 2. The van der Waals surface area contributed by atoms with Gasteiger partial charge in [0.1, 0.15) is 5.75 Å². The van der Waals surface area contributed by atoms with E-state index in [1.54, 1.807) is 6.07 Å². The summed E-state index contributed by atoms with van der Waals surface area (Å²) in [5.74, 6) is 0.790. The van der Waals surface area contributed by atoms with E-state index in [-0.39, 0.29) is 24.2 Å². The van der Waals surface area contributed by atoms with Crippen molar-refractivity contribution in [2.75, 3.05) is 39.3 Å². The standard InChI is InChI=1S/C20H31N3O3.ClH/c1-2-26-18-10-7-6-9-17(18)20(25)23-15-13-22(14-16-23)19(24)11-5-3-4-8-12-21;/h6-7,9-10H,2-5,8,11-16,21H2,1H3;1H. The van der Waals surface area contributed by atoms with Gasteiger partial charge in [-0.2, -0.15) is 0 Å². The smallest absolute Gasteiger partial charge is 0.257 e. The molecule has 1 fully saturated rings. The lowest BCUT2D eigenvalue weighted by molar-refractivity contribution is -0.132. The summed E-state index contributed by atoms with van der Waals surface area (Å²) in [5.41, 5.74) is 6.07. The van der Waals surface area contributed by atoms with Crippen molar-refractivity contribution in [1.29, 1.82) is 0 Å². The molecule has 1 aliphatic rings. The molecule has 1 saturated heterocycles. The first-order valence-electron chi connectivity index (χ1n) is 9.66. The summed E-state index contributed by atoms with van der Waals surface area (Å²) in [5, 5.41) is 0. The second kappa shape index (κ2) is 12.6. The van der Waals surface area contributed by atoms with Crippen LogP contribution in [-0.2, 0) is 4.79 Å². The SMILES string of the molecule is CCOc1ccccc1C(=O)N1CCN(C(=O)CCCCCCN)CC1.Cl. The van der Waals surface area contributed by atoms with Crippen LogP contribution in [0.25, 0.3) is 0 Å². The number of nitrogens with two attached hydrogens (primary N) is 1. The van der Waals surface area contributed by atoms with Crippen LogP contribution in [-0.4, -0.2) is 60.9 Å². The van der Waals surface area contributed by atoms with E-state index in [0.717, 1.165) is 32.2 Å².